The summed E-state index contributed by atoms with van der Waals surface area (Å²) >= 11 is 0. The van der Waals surface area contributed by atoms with Gasteiger partial charge in [0.25, 0.3) is 0 Å². The lowest BCUT2D eigenvalue weighted by Gasteiger charge is -2.13. The van der Waals surface area contributed by atoms with Crippen molar-refractivity contribution in [2.24, 2.45) is 5.92 Å². The Labute approximate surface area is 135 Å². The number of hydrogen-bond acceptors (Lipinski definition) is 1. The quantitative estimate of drug-likeness (QED) is 0.524. The molecule has 1 N–H and O–H groups in total. The van der Waals surface area contributed by atoms with Gasteiger partial charge in [-0.05, 0) is 42.2 Å². The fourth-order valence-corrected chi connectivity index (χ4v) is 2.88. The van der Waals surface area contributed by atoms with Gasteiger partial charge in [-0.2, -0.15) is 0 Å². The zero-order valence-corrected chi connectivity index (χ0v) is 14.5. The molecular formula is C20H32O2. The van der Waals surface area contributed by atoms with Crippen LogP contribution in [0.5, 0.6) is 0 Å². The molecule has 0 aliphatic rings. The predicted molar refractivity (Wildman–Crippen MR) is 93.4 cm³/mol. The molecule has 0 aliphatic carbocycles. The molecule has 1 atom stereocenters. The van der Waals surface area contributed by atoms with Gasteiger partial charge in [0.1, 0.15) is 0 Å². The summed E-state index contributed by atoms with van der Waals surface area (Å²) < 4.78 is 0. The third-order valence-electron chi connectivity index (χ3n) is 4.22. The first-order valence-corrected chi connectivity index (χ1v) is 8.79. The fraction of sp³-hybridized carbons (Fsp3) is 0.650. The van der Waals surface area contributed by atoms with Gasteiger partial charge in [-0.15, -0.1) is 0 Å². The van der Waals surface area contributed by atoms with Gasteiger partial charge in [-0.25, -0.2) is 0 Å². The van der Waals surface area contributed by atoms with E-state index in [1.165, 1.54) is 30.4 Å². The molecule has 0 bridgehead atoms. The topological polar surface area (TPSA) is 37.3 Å². The number of unbranched alkanes of at least 4 members (excludes halogenated alkanes) is 4. The van der Waals surface area contributed by atoms with Crippen LogP contribution in [0.25, 0.3) is 0 Å². The van der Waals surface area contributed by atoms with Crippen LogP contribution < -0.4 is 0 Å². The van der Waals surface area contributed by atoms with Crippen LogP contribution in [0, 0.1) is 5.92 Å². The van der Waals surface area contributed by atoms with Crippen molar-refractivity contribution in [2.75, 3.05) is 0 Å². The summed E-state index contributed by atoms with van der Waals surface area (Å²) in [7, 11) is 0. The van der Waals surface area contributed by atoms with Crippen molar-refractivity contribution in [1.82, 2.24) is 0 Å². The van der Waals surface area contributed by atoms with Gasteiger partial charge in [-0.1, -0.05) is 70.7 Å². The van der Waals surface area contributed by atoms with E-state index in [0.717, 1.165) is 25.7 Å². The average Bonchev–Trinajstić information content (AvgIpc) is 2.46. The molecule has 1 aromatic rings. The Bertz CT molecular complexity index is 420. The second-order valence-electron chi connectivity index (χ2n) is 6.94. The summed E-state index contributed by atoms with van der Waals surface area (Å²) in [6.45, 7) is 6.82. The van der Waals surface area contributed by atoms with Crippen molar-refractivity contribution < 1.29 is 9.90 Å². The maximum absolute atomic E-state index is 10.4. The van der Waals surface area contributed by atoms with Gasteiger partial charge in [0.2, 0.25) is 0 Å². The van der Waals surface area contributed by atoms with Crippen LogP contribution in [-0.4, -0.2) is 11.1 Å². The number of hydrogen-bond donors (Lipinski definition) is 1. The SMILES string of the molecule is CC(C)Cc1ccc(C(C)CCCCCCCC(=O)O)cc1. The number of carboxylic acid groups (broad SMARTS) is 1. The van der Waals surface area contributed by atoms with E-state index in [2.05, 4.69) is 45.0 Å². The molecule has 1 rings (SSSR count). The molecule has 0 radical (unpaired) electrons. The molecule has 1 unspecified atom stereocenters. The van der Waals surface area contributed by atoms with E-state index in [4.69, 9.17) is 5.11 Å². The minimum Gasteiger partial charge on any atom is -0.481 e. The van der Waals surface area contributed by atoms with Crippen LogP contribution in [0.15, 0.2) is 24.3 Å². The third kappa shape index (κ3) is 8.21. The van der Waals surface area contributed by atoms with Gasteiger partial charge in [0, 0.05) is 6.42 Å². The Balaban J connectivity index is 2.19. The van der Waals surface area contributed by atoms with E-state index in [9.17, 15) is 4.79 Å². The summed E-state index contributed by atoms with van der Waals surface area (Å²) in [4.78, 5) is 10.4. The maximum atomic E-state index is 10.4. The molecule has 1 aromatic carbocycles. The zero-order chi connectivity index (χ0) is 16.4. The molecule has 0 saturated carbocycles. The molecular weight excluding hydrogens is 272 g/mol. The summed E-state index contributed by atoms with van der Waals surface area (Å²) in [5, 5.41) is 8.58. The van der Waals surface area contributed by atoms with Gasteiger partial charge in [0.05, 0.1) is 0 Å². The number of carbonyl (C=O) groups is 1. The minimum absolute atomic E-state index is 0.319. The van der Waals surface area contributed by atoms with Crippen molar-refractivity contribution in [1.29, 1.82) is 0 Å². The van der Waals surface area contributed by atoms with E-state index in [0.29, 0.717) is 18.3 Å². The summed E-state index contributed by atoms with van der Waals surface area (Å²) in [6.07, 6.45) is 8.18. The second kappa shape index (κ2) is 10.4. The van der Waals surface area contributed by atoms with E-state index >= 15 is 0 Å². The molecule has 0 heterocycles. The molecule has 2 heteroatoms. The lowest BCUT2D eigenvalue weighted by Crippen LogP contribution is -1.97. The molecule has 0 amide bonds. The number of carboxylic acids is 1. The summed E-state index contributed by atoms with van der Waals surface area (Å²) in [5.74, 6) is 0.658. The van der Waals surface area contributed by atoms with Crippen molar-refractivity contribution in [3.63, 3.8) is 0 Å². The standard InChI is InChI=1S/C20H32O2/c1-16(2)15-18-11-13-19(14-12-18)17(3)9-7-5-4-6-8-10-20(21)22/h11-14,16-17H,4-10,15H2,1-3H3,(H,21,22). The first kappa shape index (κ1) is 18.7. The van der Waals surface area contributed by atoms with Gasteiger partial charge >= 0.3 is 5.97 Å². The van der Waals surface area contributed by atoms with Crippen LogP contribution in [0.2, 0.25) is 0 Å². The largest absolute Gasteiger partial charge is 0.481 e. The fourth-order valence-electron chi connectivity index (χ4n) is 2.88. The Kier molecular flexibility index (Phi) is 8.88. The minimum atomic E-state index is -0.672. The normalized spacial score (nSPS) is 12.5. The second-order valence-corrected chi connectivity index (χ2v) is 6.94. The van der Waals surface area contributed by atoms with Crippen molar-refractivity contribution in [2.45, 2.75) is 78.1 Å². The molecule has 0 aliphatic heterocycles. The highest BCUT2D eigenvalue weighted by Gasteiger charge is 2.06. The molecule has 2 nitrogen and oxygen atoms in total. The molecule has 22 heavy (non-hydrogen) atoms. The highest BCUT2D eigenvalue weighted by molar-refractivity contribution is 5.66. The van der Waals surface area contributed by atoms with E-state index < -0.39 is 5.97 Å². The molecule has 124 valence electrons. The Morgan fingerprint density at radius 3 is 2.14 bits per heavy atom. The van der Waals surface area contributed by atoms with Crippen LogP contribution in [-0.2, 0) is 11.2 Å². The lowest BCUT2D eigenvalue weighted by atomic mass is 9.93. The number of benzene rings is 1. The zero-order valence-electron chi connectivity index (χ0n) is 14.5. The maximum Gasteiger partial charge on any atom is 0.303 e. The highest BCUT2D eigenvalue weighted by atomic mass is 16.4. The van der Waals surface area contributed by atoms with E-state index in [1.807, 2.05) is 0 Å². The lowest BCUT2D eigenvalue weighted by molar-refractivity contribution is -0.137. The Hall–Kier alpha value is -1.31. The smallest absolute Gasteiger partial charge is 0.303 e. The third-order valence-corrected chi connectivity index (χ3v) is 4.22. The summed E-state index contributed by atoms with van der Waals surface area (Å²) in [5.41, 5.74) is 2.88. The van der Waals surface area contributed by atoms with Crippen LogP contribution in [0.1, 0.15) is 82.8 Å². The van der Waals surface area contributed by atoms with Crippen molar-refractivity contribution >= 4 is 5.97 Å². The van der Waals surface area contributed by atoms with Gasteiger partial charge < -0.3 is 5.11 Å². The first-order chi connectivity index (χ1) is 10.5. The van der Waals surface area contributed by atoms with E-state index in [1.54, 1.807) is 0 Å². The van der Waals surface area contributed by atoms with Gasteiger partial charge in [-0.3, -0.25) is 4.79 Å². The number of aliphatic carboxylic acids is 1. The highest BCUT2D eigenvalue weighted by Crippen LogP contribution is 2.23. The van der Waals surface area contributed by atoms with Crippen molar-refractivity contribution in [3.05, 3.63) is 35.4 Å². The molecule has 0 fully saturated rings. The summed E-state index contributed by atoms with van der Waals surface area (Å²) in [6, 6.07) is 9.12. The van der Waals surface area contributed by atoms with Crippen LogP contribution >= 0.6 is 0 Å². The average molecular weight is 304 g/mol. The molecule has 0 saturated heterocycles. The van der Waals surface area contributed by atoms with Crippen LogP contribution in [0.4, 0.5) is 0 Å². The first-order valence-electron chi connectivity index (χ1n) is 8.79. The monoisotopic (exact) mass is 304 g/mol. The van der Waals surface area contributed by atoms with Crippen LogP contribution in [0.3, 0.4) is 0 Å². The molecule has 0 aromatic heterocycles. The predicted octanol–water partition coefficient (Wildman–Crippen LogP) is 5.80. The Morgan fingerprint density at radius 1 is 0.955 bits per heavy atom. The van der Waals surface area contributed by atoms with Gasteiger partial charge in [0.15, 0.2) is 0 Å². The van der Waals surface area contributed by atoms with Crippen molar-refractivity contribution in [3.8, 4) is 0 Å². The molecule has 0 spiro atoms. The number of rotatable bonds is 11. The Morgan fingerprint density at radius 2 is 1.55 bits per heavy atom. The van der Waals surface area contributed by atoms with E-state index in [-0.39, 0.29) is 0 Å².